The second-order valence-electron chi connectivity index (χ2n) is 6.88. The molecule has 0 saturated heterocycles. The van der Waals surface area contributed by atoms with Crippen LogP contribution >= 0.6 is 11.8 Å². The Hall–Kier alpha value is -2.54. The number of furan rings is 1. The number of benzene rings is 1. The topological polar surface area (TPSA) is 73.0 Å². The zero-order valence-corrected chi connectivity index (χ0v) is 16.0. The van der Waals surface area contributed by atoms with Gasteiger partial charge in [-0.2, -0.15) is 0 Å². The third kappa shape index (κ3) is 4.60. The van der Waals surface area contributed by atoms with Crippen LogP contribution in [-0.2, 0) is 11.3 Å². The molecule has 2 heterocycles. The Morgan fingerprint density at radius 2 is 2.19 bits per heavy atom. The maximum atomic E-state index is 12.1. The van der Waals surface area contributed by atoms with Gasteiger partial charge in [0.25, 0.3) is 0 Å². The Labute approximate surface area is 162 Å². The van der Waals surface area contributed by atoms with Crippen LogP contribution in [0, 0.1) is 12.8 Å². The van der Waals surface area contributed by atoms with E-state index in [1.165, 1.54) is 24.6 Å². The predicted octanol–water partition coefficient (Wildman–Crippen LogP) is 3.51. The summed E-state index contributed by atoms with van der Waals surface area (Å²) in [5.41, 5.74) is 2.16. The fourth-order valence-electron chi connectivity index (χ4n) is 2.86. The molecule has 1 N–H and O–H groups in total. The van der Waals surface area contributed by atoms with Gasteiger partial charge in [0.2, 0.25) is 5.91 Å². The Bertz CT molecular complexity index is 916. The number of thioether (sulfide) groups is 1. The van der Waals surface area contributed by atoms with Crippen LogP contribution in [0.3, 0.4) is 0 Å². The van der Waals surface area contributed by atoms with Crippen molar-refractivity contribution in [1.82, 2.24) is 20.1 Å². The van der Waals surface area contributed by atoms with Gasteiger partial charge in [-0.15, -0.1) is 10.2 Å². The number of hydrogen-bond acceptors (Lipinski definition) is 5. The van der Waals surface area contributed by atoms with Gasteiger partial charge in [-0.1, -0.05) is 35.5 Å². The monoisotopic (exact) mass is 382 g/mol. The molecule has 1 fully saturated rings. The van der Waals surface area contributed by atoms with Gasteiger partial charge < -0.3 is 9.73 Å². The van der Waals surface area contributed by atoms with Gasteiger partial charge in [0.1, 0.15) is 5.76 Å². The first-order valence-corrected chi connectivity index (χ1v) is 10.1. The first-order chi connectivity index (χ1) is 13.2. The lowest BCUT2D eigenvalue weighted by molar-refractivity contribution is -0.118. The second-order valence-corrected chi connectivity index (χ2v) is 7.82. The first kappa shape index (κ1) is 17.9. The minimum atomic E-state index is 0.0385. The molecule has 6 nitrogen and oxygen atoms in total. The lowest BCUT2D eigenvalue weighted by atomic mass is 10.1. The fraction of sp³-hybridized carbons (Fsp3) is 0.350. The van der Waals surface area contributed by atoms with Crippen LogP contribution < -0.4 is 5.32 Å². The number of aryl methyl sites for hydroxylation is 1. The van der Waals surface area contributed by atoms with Crippen molar-refractivity contribution in [3.05, 3.63) is 54.0 Å². The largest absolute Gasteiger partial charge is 0.467 e. The summed E-state index contributed by atoms with van der Waals surface area (Å²) in [5.74, 6) is 2.64. The second kappa shape index (κ2) is 8.00. The Balaban J connectivity index is 1.53. The number of hydrogen-bond donors (Lipinski definition) is 1. The lowest BCUT2D eigenvalue weighted by Crippen LogP contribution is -2.27. The van der Waals surface area contributed by atoms with Gasteiger partial charge >= 0.3 is 0 Å². The van der Waals surface area contributed by atoms with E-state index < -0.39 is 0 Å². The third-order valence-corrected chi connectivity index (χ3v) is 5.47. The van der Waals surface area contributed by atoms with Gasteiger partial charge in [0.05, 0.1) is 18.6 Å². The summed E-state index contributed by atoms with van der Waals surface area (Å²) < 4.78 is 7.52. The van der Waals surface area contributed by atoms with E-state index in [2.05, 4.69) is 34.6 Å². The van der Waals surface area contributed by atoms with Gasteiger partial charge in [0.15, 0.2) is 11.0 Å². The van der Waals surface area contributed by atoms with E-state index >= 15 is 0 Å². The van der Waals surface area contributed by atoms with Crippen molar-refractivity contribution in [3.8, 4) is 11.4 Å². The molecule has 0 spiro atoms. The van der Waals surface area contributed by atoms with Crippen LogP contribution in [0.15, 0.2) is 52.2 Å². The highest BCUT2D eigenvalue weighted by atomic mass is 32.2. The summed E-state index contributed by atoms with van der Waals surface area (Å²) in [6.07, 6.45) is 4.11. The number of rotatable bonds is 8. The van der Waals surface area contributed by atoms with Gasteiger partial charge in [0, 0.05) is 12.1 Å². The maximum Gasteiger partial charge on any atom is 0.230 e. The van der Waals surface area contributed by atoms with E-state index in [9.17, 15) is 4.79 Å². The average Bonchev–Trinajstić information content (AvgIpc) is 3.19. The highest BCUT2D eigenvalue weighted by molar-refractivity contribution is 7.99. The van der Waals surface area contributed by atoms with Gasteiger partial charge in [-0.05, 0) is 43.9 Å². The molecule has 0 radical (unpaired) electrons. The smallest absolute Gasteiger partial charge is 0.230 e. The Morgan fingerprint density at radius 3 is 2.93 bits per heavy atom. The zero-order chi connectivity index (χ0) is 18.6. The molecule has 1 aliphatic carbocycles. The van der Waals surface area contributed by atoms with Crippen LogP contribution in [0.5, 0.6) is 0 Å². The molecule has 4 rings (SSSR count). The molecular formula is C20H22N4O2S. The molecule has 0 bridgehead atoms. The summed E-state index contributed by atoms with van der Waals surface area (Å²) in [6, 6.07) is 12.0. The minimum Gasteiger partial charge on any atom is -0.467 e. The predicted molar refractivity (Wildman–Crippen MR) is 104 cm³/mol. The number of amides is 1. The number of carbonyl (C=O) groups excluding carboxylic acids is 1. The van der Waals surface area contributed by atoms with Gasteiger partial charge in [-0.3, -0.25) is 9.36 Å². The lowest BCUT2D eigenvalue weighted by Gasteiger charge is -2.09. The highest BCUT2D eigenvalue weighted by Gasteiger charge is 2.22. The fourth-order valence-corrected chi connectivity index (χ4v) is 3.62. The maximum absolute atomic E-state index is 12.1. The van der Waals surface area contributed by atoms with Gasteiger partial charge in [-0.25, -0.2) is 0 Å². The summed E-state index contributed by atoms with van der Waals surface area (Å²) in [6.45, 7) is 3.36. The van der Waals surface area contributed by atoms with Crippen molar-refractivity contribution in [2.75, 3.05) is 12.3 Å². The Kier molecular flexibility index (Phi) is 5.29. The highest BCUT2D eigenvalue weighted by Crippen LogP contribution is 2.28. The van der Waals surface area contributed by atoms with Crippen molar-refractivity contribution in [2.24, 2.45) is 5.92 Å². The van der Waals surface area contributed by atoms with Crippen LogP contribution in [0.2, 0.25) is 0 Å². The van der Waals surface area contributed by atoms with Crippen LogP contribution in [0.25, 0.3) is 11.4 Å². The minimum absolute atomic E-state index is 0.0385. The van der Waals surface area contributed by atoms with Crippen LogP contribution in [0.4, 0.5) is 0 Å². The van der Waals surface area contributed by atoms with Crippen molar-refractivity contribution in [3.63, 3.8) is 0 Å². The molecule has 2 aromatic heterocycles. The van der Waals surface area contributed by atoms with E-state index in [0.29, 0.717) is 23.4 Å². The quantitative estimate of drug-likeness (QED) is 0.604. The van der Waals surface area contributed by atoms with Crippen molar-refractivity contribution in [1.29, 1.82) is 0 Å². The van der Waals surface area contributed by atoms with E-state index in [4.69, 9.17) is 4.42 Å². The third-order valence-electron chi connectivity index (χ3n) is 4.50. The van der Waals surface area contributed by atoms with Crippen LogP contribution in [0.1, 0.15) is 24.2 Å². The molecule has 0 atom stereocenters. The number of nitrogens with one attached hydrogen (secondary N) is 1. The zero-order valence-electron chi connectivity index (χ0n) is 15.2. The summed E-state index contributed by atoms with van der Waals surface area (Å²) in [7, 11) is 0. The van der Waals surface area contributed by atoms with E-state index in [0.717, 1.165) is 29.3 Å². The molecule has 1 aromatic carbocycles. The number of aromatic nitrogens is 3. The molecule has 0 aliphatic heterocycles. The van der Waals surface area contributed by atoms with Crippen molar-refractivity contribution < 1.29 is 9.21 Å². The number of carbonyl (C=O) groups is 1. The molecular weight excluding hydrogens is 360 g/mol. The standard InChI is InChI=1S/C20H22N4O2S/c1-14-4-2-5-16(10-14)19-22-23-20(24(19)12-17-6-3-9-26-17)27-13-18(25)21-11-15-7-8-15/h2-6,9-10,15H,7-8,11-13H2,1H3,(H,21,25). The molecule has 27 heavy (non-hydrogen) atoms. The molecule has 140 valence electrons. The van der Waals surface area contributed by atoms with Crippen molar-refractivity contribution in [2.45, 2.75) is 31.5 Å². The van der Waals surface area contributed by atoms with Crippen molar-refractivity contribution >= 4 is 17.7 Å². The average molecular weight is 382 g/mol. The van der Waals surface area contributed by atoms with E-state index in [-0.39, 0.29) is 5.91 Å². The van der Waals surface area contributed by atoms with E-state index in [1.54, 1.807) is 6.26 Å². The molecule has 7 heteroatoms. The molecule has 1 amide bonds. The molecule has 0 unspecified atom stereocenters. The molecule has 3 aromatic rings. The summed E-state index contributed by atoms with van der Waals surface area (Å²) in [4.78, 5) is 12.1. The number of nitrogens with zero attached hydrogens (tertiary/aromatic N) is 3. The molecule has 1 aliphatic rings. The SMILES string of the molecule is Cc1cccc(-c2nnc(SCC(=O)NCC3CC3)n2Cc2ccco2)c1. The first-order valence-electron chi connectivity index (χ1n) is 9.11. The Morgan fingerprint density at radius 1 is 1.30 bits per heavy atom. The normalized spacial score (nSPS) is 13.7. The van der Waals surface area contributed by atoms with Crippen LogP contribution in [-0.4, -0.2) is 33.0 Å². The summed E-state index contributed by atoms with van der Waals surface area (Å²) in [5, 5.41) is 12.4. The molecule has 1 saturated carbocycles. The van der Waals surface area contributed by atoms with E-state index in [1.807, 2.05) is 28.8 Å². The summed E-state index contributed by atoms with van der Waals surface area (Å²) >= 11 is 1.40.